The third-order valence-electron chi connectivity index (χ3n) is 3.59. The number of nitrogens with one attached hydrogen (secondary N) is 1. The lowest BCUT2D eigenvalue weighted by Gasteiger charge is -2.15. The number of phenolic OH excluding ortho intramolecular Hbond substituents is 1. The molecule has 0 heterocycles. The van der Waals surface area contributed by atoms with E-state index in [1.165, 1.54) is 12.1 Å². The first-order chi connectivity index (χ1) is 8.97. The molecule has 1 fully saturated rings. The number of anilines is 1. The Hall–Kier alpha value is -2.04. The Bertz CT molecular complexity index is 483. The summed E-state index contributed by atoms with van der Waals surface area (Å²) < 4.78 is 0. The standard InChI is InChI=1S/C14H17NO4/c1-8-6-11(12(7-8)14(18)19)13(17)15-9-2-4-10(16)5-3-9/h2-5,8,11-12,16H,6-7H2,1H3,(H,15,17)(H,18,19). The lowest BCUT2D eigenvalue weighted by molar-refractivity contribution is -0.145. The summed E-state index contributed by atoms with van der Waals surface area (Å²) in [6.45, 7) is 1.96. The monoisotopic (exact) mass is 263 g/mol. The Labute approximate surface area is 111 Å². The van der Waals surface area contributed by atoms with Crippen molar-refractivity contribution in [3.63, 3.8) is 0 Å². The summed E-state index contributed by atoms with van der Waals surface area (Å²) >= 11 is 0. The van der Waals surface area contributed by atoms with E-state index in [4.69, 9.17) is 10.2 Å². The molecule has 1 aliphatic carbocycles. The van der Waals surface area contributed by atoms with Crippen molar-refractivity contribution in [3.8, 4) is 5.75 Å². The lowest BCUT2D eigenvalue weighted by atomic mass is 9.95. The normalized spacial score (nSPS) is 26.1. The lowest BCUT2D eigenvalue weighted by Crippen LogP contribution is -2.29. The van der Waals surface area contributed by atoms with Crippen LogP contribution >= 0.6 is 0 Å². The minimum absolute atomic E-state index is 0.121. The van der Waals surface area contributed by atoms with Crippen molar-refractivity contribution in [2.75, 3.05) is 5.32 Å². The fraction of sp³-hybridized carbons (Fsp3) is 0.429. The number of rotatable bonds is 3. The maximum absolute atomic E-state index is 12.1. The molecule has 0 spiro atoms. The number of carbonyl (C=O) groups excluding carboxylic acids is 1. The summed E-state index contributed by atoms with van der Waals surface area (Å²) in [5, 5.41) is 21.0. The maximum Gasteiger partial charge on any atom is 0.307 e. The van der Waals surface area contributed by atoms with Crippen molar-refractivity contribution in [2.45, 2.75) is 19.8 Å². The number of benzene rings is 1. The zero-order chi connectivity index (χ0) is 14.0. The minimum Gasteiger partial charge on any atom is -0.508 e. The van der Waals surface area contributed by atoms with Gasteiger partial charge in [0.15, 0.2) is 0 Å². The van der Waals surface area contributed by atoms with Gasteiger partial charge in [-0.25, -0.2) is 0 Å². The number of phenols is 1. The molecular weight excluding hydrogens is 246 g/mol. The molecule has 0 bridgehead atoms. The van der Waals surface area contributed by atoms with Gasteiger partial charge >= 0.3 is 5.97 Å². The van der Waals surface area contributed by atoms with Crippen LogP contribution < -0.4 is 5.32 Å². The first-order valence-corrected chi connectivity index (χ1v) is 6.30. The molecule has 0 radical (unpaired) electrons. The summed E-state index contributed by atoms with van der Waals surface area (Å²) in [5.74, 6) is -1.89. The van der Waals surface area contributed by atoms with Gasteiger partial charge in [-0.15, -0.1) is 0 Å². The van der Waals surface area contributed by atoms with Crippen LogP contribution in [-0.4, -0.2) is 22.1 Å². The molecule has 1 aromatic carbocycles. The smallest absolute Gasteiger partial charge is 0.307 e. The van der Waals surface area contributed by atoms with E-state index in [-0.39, 0.29) is 17.6 Å². The van der Waals surface area contributed by atoms with Crippen molar-refractivity contribution < 1.29 is 19.8 Å². The third kappa shape index (κ3) is 3.05. The summed E-state index contributed by atoms with van der Waals surface area (Å²) in [6.07, 6.45) is 1.14. The summed E-state index contributed by atoms with van der Waals surface area (Å²) in [6, 6.07) is 6.12. The van der Waals surface area contributed by atoms with Gasteiger partial charge in [-0.3, -0.25) is 9.59 Å². The largest absolute Gasteiger partial charge is 0.508 e. The second-order valence-electron chi connectivity index (χ2n) is 5.16. The van der Waals surface area contributed by atoms with Crippen molar-refractivity contribution in [3.05, 3.63) is 24.3 Å². The van der Waals surface area contributed by atoms with Crippen LogP contribution in [0.15, 0.2) is 24.3 Å². The second-order valence-corrected chi connectivity index (χ2v) is 5.16. The quantitative estimate of drug-likeness (QED) is 0.729. The van der Waals surface area contributed by atoms with Crippen LogP contribution in [0.25, 0.3) is 0 Å². The van der Waals surface area contributed by atoms with Crippen molar-refractivity contribution >= 4 is 17.6 Å². The average Bonchev–Trinajstić information content (AvgIpc) is 2.74. The van der Waals surface area contributed by atoms with Gasteiger partial charge in [-0.1, -0.05) is 6.92 Å². The number of carbonyl (C=O) groups is 2. The summed E-state index contributed by atoms with van der Waals surface area (Å²) in [7, 11) is 0. The molecule has 3 atom stereocenters. The Morgan fingerprint density at radius 3 is 2.32 bits per heavy atom. The van der Waals surface area contributed by atoms with Crippen LogP contribution in [0.5, 0.6) is 5.75 Å². The fourth-order valence-corrected chi connectivity index (χ4v) is 2.63. The van der Waals surface area contributed by atoms with E-state index in [0.29, 0.717) is 18.5 Å². The molecule has 3 unspecified atom stereocenters. The molecule has 5 nitrogen and oxygen atoms in total. The predicted octanol–water partition coefficient (Wildman–Crippen LogP) is 2.08. The van der Waals surface area contributed by atoms with Crippen LogP contribution in [0.3, 0.4) is 0 Å². The van der Waals surface area contributed by atoms with Crippen molar-refractivity contribution in [1.82, 2.24) is 0 Å². The molecule has 0 saturated heterocycles. The van der Waals surface area contributed by atoms with E-state index in [2.05, 4.69) is 5.32 Å². The molecule has 0 aliphatic heterocycles. The van der Waals surface area contributed by atoms with Gasteiger partial charge in [0.2, 0.25) is 5.91 Å². The van der Waals surface area contributed by atoms with Gasteiger partial charge in [-0.05, 0) is 43.0 Å². The Morgan fingerprint density at radius 2 is 1.74 bits per heavy atom. The summed E-state index contributed by atoms with van der Waals surface area (Å²) in [5.41, 5.74) is 0.562. The molecule has 5 heteroatoms. The third-order valence-corrected chi connectivity index (χ3v) is 3.59. The Balaban J connectivity index is 2.06. The van der Waals surface area contributed by atoms with Gasteiger partial charge < -0.3 is 15.5 Å². The molecular formula is C14H17NO4. The predicted molar refractivity (Wildman–Crippen MR) is 69.8 cm³/mol. The Morgan fingerprint density at radius 1 is 1.16 bits per heavy atom. The SMILES string of the molecule is CC1CC(C(=O)O)C(C(=O)Nc2ccc(O)cc2)C1. The van der Waals surface area contributed by atoms with Crippen LogP contribution in [0.4, 0.5) is 5.69 Å². The molecule has 2 rings (SSSR count). The number of carboxylic acids is 1. The minimum atomic E-state index is -0.907. The van der Waals surface area contributed by atoms with Crippen molar-refractivity contribution in [1.29, 1.82) is 0 Å². The van der Waals surface area contributed by atoms with E-state index in [0.717, 1.165) is 0 Å². The fourth-order valence-electron chi connectivity index (χ4n) is 2.63. The second kappa shape index (κ2) is 5.30. The molecule has 1 amide bonds. The molecule has 1 aliphatic rings. The number of aromatic hydroxyl groups is 1. The van der Waals surface area contributed by atoms with E-state index < -0.39 is 17.8 Å². The highest BCUT2D eigenvalue weighted by Crippen LogP contribution is 2.37. The van der Waals surface area contributed by atoms with Gasteiger partial charge in [0.1, 0.15) is 5.75 Å². The van der Waals surface area contributed by atoms with Crippen molar-refractivity contribution in [2.24, 2.45) is 17.8 Å². The molecule has 1 saturated carbocycles. The number of amides is 1. The van der Waals surface area contributed by atoms with E-state index in [1.807, 2.05) is 6.92 Å². The van der Waals surface area contributed by atoms with Crippen LogP contribution in [0.1, 0.15) is 19.8 Å². The van der Waals surface area contributed by atoms with Crippen LogP contribution in [-0.2, 0) is 9.59 Å². The summed E-state index contributed by atoms with van der Waals surface area (Å²) in [4.78, 5) is 23.3. The highest BCUT2D eigenvalue weighted by Gasteiger charge is 2.41. The molecule has 1 aromatic rings. The number of hydrogen-bond acceptors (Lipinski definition) is 3. The number of aliphatic carboxylic acids is 1. The molecule has 102 valence electrons. The zero-order valence-corrected chi connectivity index (χ0v) is 10.7. The highest BCUT2D eigenvalue weighted by atomic mass is 16.4. The van der Waals surface area contributed by atoms with E-state index >= 15 is 0 Å². The number of hydrogen-bond donors (Lipinski definition) is 3. The molecule has 3 N–H and O–H groups in total. The first-order valence-electron chi connectivity index (χ1n) is 6.30. The maximum atomic E-state index is 12.1. The van der Waals surface area contributed by atoms with E-state index in [1.54, 1.807) is 12.1 Å². The van der Waals surface area contributed by atoms with Gasteiger partial charge in [0.25, 0.3) is 0 Å². The number of carboxylic acid groups (broad SMARTS) is 1. The average molecular weight is 263 g/mol. The Kier molecular flexibility index (Phi) is 3.74. The van der Waals surface area contributed by atoms with E-state index in [9.17, 15) is 9.59 Å². The molecule has 19 heavy (non-hydrogen) atoms. The topological polar surface area (TPSA) is 86.6 Å². The van der Waals surface area contributed by atoms with Crippen LogP contribution in [0, 0.1) is 17.8 Å². The first kappa shape index (κ1) is 13.4. The van der Waals surface area contributed by atoms with Gasteiger partial charge in [0.05, 0.1) is 11.8 Å². The zero-order valence-electron chi connectivity index (χ0n) is 10.7. The van der Waals surface area contributed by atoms with Crippen LogP contribution in [0.2, 0.25) is 0 Å². The van der Waals surface area contributed by atoms with Gasteiger partial charge in [0, 0.05) is 5.69 Å². The highest BCUT2D eigenvalue weighted by molar-refractivity contribution is 5.95. The molecule has 0 aromatic heterocycles. The van der Waals surface area contributed by atoms with Gasteiger partial charge in [-0.2, -0.15) is 0 Å².